The van der Waals surface area contributed by atoms with Gasteiger partial charge in [0, 0.05) is 25.6 Å². The van der Waals surface area contributed by atoms with Crippen LogP contribution in [-0.4, -0.2) is 29.3 Å². The maximum Gasteiger partial charge on any atom is 0.225 e. The third kappa shape index (κ3) is 3.29. The molecule has 1 aliphatic heterocycles. The third-order valence-electron chi connectivity index (χ3n) is 4.67. The average Bonchev–Trinajstić information content (AvgIpc) is 3.15. The van der Waals surface area contributed by atoms with E-state index in [1.54, 1.807) is 12.1 Å². The van der Waals surface area contributed by atoms with E-state index in [4.69, 9.17) is 0 Å². The molecular weight excluding hydrogens is 283 g/mol. The molecule has 1 atom stereocenters. The number of hydrogen-bond donors (Lipinski definition) is 1. The van der Waals surface area contributed by atoms with Crippen LogP contribution < -0.4 is 5.32 Å². The fourth-order valence-electron chi connectivity index (χ4n) is 3.41. The van der Waals surface area contributed by atoms with Crippen LogP contribution in [0.1, 0.15) is 37.7 Å². The standard InChI is InChI=1S/C17H21FN2O2/c18-14-7-5-12(6-8-14)10-19-17(22)13-9-16(21)20(11-13)15-3-1-2-4-15/h5-8,13,15H,1-4,9-11H2,(H,19,22). The summed E-state index contributed by atoms with van der Waals surface area (Å²) in [4.78, 5) is 26.2. The molecule has 0 spiro atoms. The Kier molecular flexibility index (Phi) is 4.41. The van der Waals surface area contributed by atoms with E-state index in [-0.39, 0.29) is 23.5 Å². The number of carbonyl (C=O) groups excluding carboxylic acids is 2. The van der Waals surface area contributed by atoms with Gasteiger partial charge >= 0.3 is 0 Å². The number of nitrogens with zero attached hydrogens (tertiary/aromatic N) is 1. The molecule has 2 aliphatic rings. The molecule has 5 heteroatoms. The number of likely N-dealkylation sites (tertiary alicyclic amines) is 1. The largest absolute Gasteiger partial charge is 0.352 e. The number of hydrogen-bond acceptors (Lipinski definition) is 2. The van der Waals surface area contributed by atoms with Crippen molar-refractivity contribution in [2.75, 3.05) is 6.54 Å². The lowest BCUT2D eigenvalue weighted by molar-refractivity contribution is -0.130. The van der Waals surface area contributed by atoms with Gasteiger partial charge in [0.1, 0.15) is 5.82 Å². The van der Waals surface area contributed by atoms with Crippen LogP contribution in [0.25, 0.3) is 0 Å². The smallest absolute Gasteiger partial charge is 0.225 e. The van der Waals surface area contributed by atoms with Crippen molar-refractivity contribution >= 4 is 11.8 Å². The van der Waals surface area contributed by atoms with Gasteiger partial charge in [0.15, 0.2) is 0 Å². The van der Waals surface area contributed by atoms with Crippen molar-refractivity contribution < 1.29 is 14.0 Å². The first-order valence-electron chi connectivity index (χ1n) is 7.95. The van der Waals surface area contributed by atoms with Crippen LogP contribution in [0.4, 0.5) is 4.39 Å². The summed E-state index contributed by atoms with van der Waals surface area (Å²) in [5.74, 6) is -0.524. The minimum absolute atomic E-state index is 0.0850. The summed E-state index contributed by atoms with van der Waals surface area (Å²) < 4.78 is 12.8. The number of carbonyl (C=O) groups is 2. The normalized spacial score (nSPS) is 22.3. The highest BCUT2D eigenvalue weighted by atomic mass is 19.1. The number of rotatable bonds is 4. The van der Waals surface area contributed by atoms with Gasteiger partial charge in [-0.05, 0) is 30.5 Å². The monoisotopic (exact) mass is 304 g/mol. The molecule has 4 nitrogen and oxygen atoms in total. The number of amides is 2. The summed E-state index contributed by atoms with van der Waals surface area (Å²) in [6, 6.07) is 6.40. The zero-order valence-corrected chi connectivity index (χ0v) is 12.6. The van der Waals surface area contributed by atoms with Gasteiger partial charge < -0.3 is 10.2 Å². The van der Waals surface area contributed by atoms with Crippen molar-refractivity contribution in [3.63, 3.8) is 0 Å². The van der Waals surface area contributed by atoms with Crippen LogP contribution in [-0.2, 0) is 16.1 Å². The lowest BCUT2D eigenvalue weighted by Crippen LogP contribution is -2.36. The van der Waals surface area contributed by atoms with Crippen LogP contribution in [0, 0.1) is 11.7 Å². The third-order valence-corrected chi connectivity index (χ3v) is 4.67. The molecule has 1 N–H and O–H groups in total. The van der Waals surface area contributed by atoms with E-state index in [1.165, 1.54) is 25.0 Å². The Hall–Kier alpha value is -1.91. The lowest BCUT2D eigenvalue weighted by atomic mass is 10.1. The quantitative estimate of drug-likeness (QED) is 0.927. The molecule has 2 amide bonds. The second kappa shape index (κ2) is 6.46. The zero-order chi connectivity index (χ0) is 15.5. The van der Waals surface area contributed by atoms with E-state index in [0.717, 1.165) is 18.4 Å². The Morgan fingerprint density at radius 3 is 2.59 bits per heavy atom. The molecule has 0 radical (unpaired) electrons. The van der Waals surface area contributed by atoms with Crippen LogP contribution in [0.15, 0.2) is 24.3 Å². The van der Waals surface area contributed by atoms with E-state index in [9.17, 15) is 14.0 Å². The maximum absolute atomic E-state index is 12.8. The molecule has 1 aromatic carbocycles. The Labute approximate surface area is 129 Å². The molecule has 1 aromatic rings. The van der Waals surface area contributed by atoms with Gasteiger partial charge in [-0.25, -0.2) is 4.39 Å². The molecule has 0 bridgehead atoms. The Balaban J connectivity index is 1.52. The highest BCUT2D eigenvalue weighted by Crippen LogP contribution is 2.29. The Morgan fingerprint density at radius 1 is 1.23 bits per heavy atom. The topological polar surface area (TPSA) is 49.4 Å². The molecule has 1 unspecified atom stereocenters. The lowest BCUT2D eigenvalue weighted by Gasteiger charge is -2.23. The fraction of sp³-hybridized carbons (Fsp3) is 0.529. The molecule has 1 saturated carbocycles. The molecule has 3 rings (SSSR count). The van der Waals surface area contributed by atoms with Gasteiger partial charge in [-0.2, -0.15) is 0 Å². The van der Waals surface area contributed by atoms with E-state index in [1.807, 2.05) is 4.90 Å². The van der Waals surface area contributed by atoms with E-state index in [0.29, 0.717) is 25.6 Å². The highest BCUT2D eigenvalue weighted by Gasteiger charge is 2.38. The first-order chi connectivity index (χ1) is 10.6. The summed E-state index contributed by atoms with van der Waals surface area (Å²) in [6.07, 6.45) is 4.79. The van der Waals surface area contributed by atoms with Crippen LogP contribution in [0.5, 0.6) is 0 Å². The van der Waals surface area contributed by atoms with Crippen molar-refractivity contribution in [3.8, 4) is 0 Å². The number of nitrogens with one attached hydrogen (secondary N) is 1. The van der Waals surface area contributed by atoms with Crippen molar-refractivity contribution in [1.82, 2.24) is 10.2 Å². The maximum atomic E-state index is 12.8. The van der Waals surface area contributed by atoms with Crippen molar-refractivity contribution in [1.29, 1.82) is 0 Å². The average molecular weight is 304 g/mol. The van der Waals surface area contributed by atoms with Gasteiger partial charge in [0.05, 0.1) is 5.92 Å². The van der Waals surface area contributed by atoms with Gasteiger partial charge in [-0.3, -0.25) is 9.59 Å². The van der Waals surface area contributed by atoms with Crippen LogP contribution >= 0.6 is 0 Å². The van der Waals surface area contributed by atoms with Crippen molar-refractivity contribution in [2.24, 2.45) is 5.92 Å². The Morgan fingerprint density at radius 2 is 1.91 bits per heavy atom. The first-order valence-corrected chi connectivity index (χ1v) is 7.95. The predicted molar refractivity (Wildman–Crippen MR) is 80.3 cm³/mol. The molecular formula is C17H21FN2O2. The first kappa shape index (κ1) is 15.0. The SMILES string of the molecule is O=C(NCc1ccc(F)cc1)C1CC(=O)N(C2CCCC2)C1. The minimum Gasteiger partial charge on any atom is -0.352 e. The minimum atomic E-state index is -0.288. The summed E-state index contributed by atoms with van der Waals surface area (Å²) in [5.41, 5.74) is 0.853. The summed E-state index contributed by atoms with van der Waals surface area (Å²) in [6.45, 7) is 0.909. The number of benzene rings is 1. The molecule has 0 aromatic heterocycles. The van der Waals surface area contributed by atoms with E-state index >= 15 is 0 Å². The molecule has 1 aliphatic carbocycles. The van der Waals surface area contributed by atoms with Crippen molar-refractivity contribution in [2.45, 2.75) is 44.7 Å². The summed E-state index contributed by atoms with van der Waals surface area (Å²) in [7, 11) is 0. The highest BCUT2D eigenvalue weighted by molar-refractivity contribution is 5.89. The molecule has 1 heterocycles. The molecule has 118 valence electrons. The Bertz CT molecular complexity index is 552. The van der Waals surface area contributed by atoms with Gasteiger partial charge in [-0.15, -0.1) is 0 Å². The summed E-state index contributed by atoms with van der Waals surface area (Å²) in [5, 5.41) is 2.85. The molecule has 1 saturated heterocycles. The van der Waals surface area contributed by atoms with Gasteiger partial charge in [0.2, 0.25) is 11.8 Å². The van der Waals surface area contributed by atoms with Crippen LogP contribution in [0.2, 0.25) is 0 Å². The van der Waals surface area contributed by atoms with Crippen molar-refractivity contribution in [3.05, 3.63) is 35.6 Å². The predicted octanol–water partition coefficient (Wildman–Crippen LogP) is 2.23. The number of halogens is 1. The van der Waals surface area contributed by atoms with Gasteiger partial charge in [0.25, 0.3) is 0 Å². The fourth-order valence-corrected chi connectivity index (χ4v) is 3.41. The molecule has 2 fully saturated rings. The zero-order valence-electron chi connectivity index (χ0n) is 12.6. The second-order valence-corrected chi connectivity index (χ2v) is 6.23. The van der Waals surface area contributed by atoms with E-state index < -0.39 is 0 Å². The van der Waals surface area contributed by atoms with Gasteiger partial charge in [-0.1, -0.05) is 25.0 Å². The van der Waals surface area contributed by atoms with Crippen LogP contribution in [0.3, 0.4) is 0 Å². The van der Waals surface area contributed by atoms with E-state index in [2.05, 4.69) is 5.32 Å². The summed E-state index contributed by atoms with van der Waals surface area (Å²) >= 11 is 0. The second-order valence-electron chi connectivity index (χ2n) is 6.23. The molecule has 22 heavy (non-hydrogen) atoms.